The molecule has 2 N–H and O–H groups in total. The van der Waals surface area contributed by atoms with Crippen LogP contribution >= 0.6 is 0 Å². The number of hydrogen-bond donors (Lipinski definition) is 2. The van der Waals surface area contributed by atoms with E-state index in [2.05, 4.69) is 9.97 Å². The highest BCUT2D eigenvalue weighted by Gasteiger charge is 2.16. The van der Waals surface area contributed by atoms with Crippen molar-refractivity contribution in [1.82, 2.24) is 9.97 Å². The summed E-state index contributed by atoms with van der Waals surface area (Å²) in [6.45, 7) is 6.16. The summed E-state index contributed by atoms with van der Waals surface area (Å²) in [6, 6.07) is 1.38. The van der Waals surface area contributed by atoms with Crippen LogP contribution in [-0.2, 0) is 4.79 Å². The first-order valence-electron chi connectivity index (χ1n) is 5.49. The fourth-order valence-electron chi connectivity index (χ4n) is 1.52. The summed E-state index contributed by atoms with van der Waals surface area (Å²) >= 11 is 0. The Kier molecular flexibility index (Phi) is 4.25. The number of carbonyl (C=O) groups is 1. The zero-order valence-electron chi connectivity index (χ0n) is 10.2. The molecule has 6 heteroatoms. The Balaban J connectivity index is 2.93. The van der Waals surface area contributed by atoms with Gasteiger partial charge in [-0.05, 0) is 13.8 Å². The van der Waals surface area contributed by atoms with E-state index in [-0.39, 0.29) is 5.56 Å². The first-order valence-corrected chi connectivity index (χ1v) is 5.49. The van der Waals surface area contributed by atoms with Gasteiger partial charge in [-0.15, -0.1) is 0 Å². The number of aliphatic carboxylic acids is 1. The number of hydrogen-bond acceptors (Lipinski definition) is 4. The minimum Gasteiger partial charge on any atom is -0.481 e. The molecule has 0 fully saturated rings. The van der Waals surface area contributed by atoms with Gasteiger partial charge >= 0.3 is 5.97 Å². The summed E-state index contributed by atoms with van der Waals surface area (Å²) < 4.78 is 0. The van der Waals surface area contributed by atoms with E-state index in [9.17, 15) is 9.59 Å². The lowest BCUT2D eigenvalue weighted by Gasteiger charge is -2.23. The van der Waals surface area contributed by atoms with Gasteiger partial charge in [-0.2, -0.15) is 0 Å². The maximum Gasteiger partial charge on any atom is 0.308 e. The number of aromatic amines is 1. The molecule has 0 saturated carbocycles. The highest BCUT2D eigenvalue weighted by atomic mass is 16.4. The fourth-order valence-corrected chi connectivity index (χ4v) is 1.52. The van der Waals surface area contributed by atoms with Gasteiger partial charge < -0.3 is 15.0 Å². The molecule has 1 atom stereocenters. The SMILES string of the molecule is CCN(CC(C)C(=O)O)c1cc(=O)[nH]c(C)n1. The van der Waals surface area contributed by atoms with Crippen LogP contribution in [0.1, 0.15) is 19.7 Å². The Morgan fingerprint density at radius 3 is 2.76 bits per heavy atom. The Bertz CT molecular complexity index is 456. The van der Waals surface area contributed by atoms with Crippen LogP contribution in [-0.4, -0.2) is 34.1 Å². The predicted molar refractivity (Wildman–Crippen MR) is 64.3 cm³/mol. The van der Waals surface area contributed by atoms with Crippen LogP contribution in [0.4, 0.5) is 5.82 Å². The lowest BCUT2D eigenvalue weighted by Crippen LogP contribution is -2.33. The molecule has 0 amide bonds. The van der Waals surface area contributed by atoms with E-state index in [1.165, 1.54) is 6.07 Å². The van der Waals surface area contributed by atoms with Crippen molar-refractivity contribution in [3.05, 3.63) is 22.2 Å². The molecule has 0 aliphatic carbocycles. The van der Waals surface area contributed by atoms with E-state index >= 15 is 0 Å². The summed E-state index contributed by atoms with van der Waals surface area (Å²) in [7, 11) is 0. The Morgan fingerprint density at radius 2 is 2.29 bits per heavy atom. The molecular weight excluding hydrogens is 222 g/mol. The molecule has 0 aliphatic rings. The van der Waals surface area contributed by atoms with Crippen LogP contribution in [0.3, 0.4) is 0 Å². The molecule has 0 aromatic carbocycles. The molecular formula is C11H17N3O3. The van der Waals surface area contributed by atoms with Gasteiger partial charge in [-0.25, -0.2) is 4.98 Å². The Morgan fingerprint density at radius 1 is 1.65 bits per heavy atom. The molecule has 0 bridgehead atoms. The van der Waals surface area contributed by atoms with E-state index in [4.69, 9.17) is 5.11 Å². The summed E-state index contributed by atoms with van der Waals surface area (Å²) in [5, 5.41) is 8.87. The number of nitrogens with one attached hydrogen (secondary N) is 1. The van der Waals surface area contributed by atoms with Gasteiger partial charge in [-0.3, -0.25) is 9.59 Å². The minimum atomic E-state index is -0.856. The topological polar surface area (TPSA) is 86.3 Å². The van der Waals surface area contributed by atoms with Crippen molar-refractivity contribution < 1.29 is 9.90 Å². The fraction of sp³-hybridized carbons (Fsp3) is 0.545. The van der Waals surface area contributed by atoms with Crippen molar-refractivity contribution >= 4 is 11.8 Å². The summed E-state index contributed by atoms with van der Waals surface area (Å²) in [5.41, 5.74) is -0.228. The highest BCUT2D eigenvalue weighted by Crippen LogP contribution is 2.10. The average Bonchev–Trinajstić information content (AvgIpc) is 2.23. The number of aryl methyl sites for hydroxylation is 1. The minimum absolute atomic E-state index is 0.228. The maximum atomic E-state index is 11.3. The smallest absolute Gasteiger partial charge is 0.308 e. The second kappa shape index (κ2) is 5.47. The molecule has 94 valence electrons. The Hall–Kier alpha value is -1.85. The van der Waals surface area contributed by atoms with Gasteiger partial charge in [-0.1, -0.05) is 6.92 Å². The summed E-state index contributed by atoms with van der Waals surface area (Å²) in [4.78, 5) is 30.6. The summed E-state index contributed by atoms with van der Waals surface area (Å²) in [6.07, 6.45) is 0. The van der Waals surface area contributed by atoms with E-state index in [0.717, 1.165) is 0 Å². The molecule has 1 aromatic rings. The maximum absolute atomic E-state index is 11.3. The largest absolute Gasteiger partial charge is 0.481 e. The molecule has 6 nitrogen and oxygen atoms in total. The number of anilines is 1. The van der Waals surface area contributed by atoms with Crippen LogP contribution in [0.15, 0.2) is 10.9 Å². The van der Waals surface area contributed by atoms with Crippen molar-refractivity contribution in [1.29, 1.82) is 0 Å². The van der Waals surface area contributed by atoms with E-state index in [0.29, 0.717) is 24.7 Å². The standard InChI is InChI=1S/C11H17N3O3/c1-4-14(6-7(2)11(16)17)9-5-10(15)13-8(3)12-9/h5,7H,4,6H2,1-3H3,(H,16,17)(H,12,13,15). The third-order valence-corrected chi connectivity index (χ3v) is 2.47. The van der Waals surface area contributed by atoms with E-state index < -0.39 is 11.9 Å². The van der Waals surface area contributed by atoms with Crippen molar-refractivity contribution in [3.8, 4) is 0 Å². The van der Waals surface area contributed by atoms with E-state index in [1.54, 1.807) is 18.7 Å². The summed E-state index contributed by atoms with van der Waals surface area (Å²) in [5.74, 6) is -0.322. The highest BCUT2D eigenvalue weighted by molar-refractivity contribution is 5.70. The molecule has 0 saturated heterocycles. The van der Waals surface area contributed by atoms with Gasteiger partial charge in [0.1, 0.15) is 11.6 Å². The number of carboxylic acids is 1. The molecule has 1 aromatic heterocycles. The number of H-pyrrole nitrogens is 1. The molecule has 1 heterocycles. The normalized spacial score (nSPS) is 12.2. The Labute approximate surface area is 99.3 Å². The van der Waals surface area contributed by atoms with Crippen molar-refractivity contribution in [2.75, 3.05) is 18.0 Å². The number of nitrogens with zero attached hydrogens (tertiary/aromatic N) is 2. The zero-order valence-corrected chi connectivity index (χ0v) is 10.2. The lowest BCUT2D eigenvalue weighted by atomic mass is 10.1. The second-order valence-electron chi connectivity index (χ2n) is 3.97. The predicted octanol–water partition coefficient (Wildman–Crippen LogP) is 0.625. The lowest BCUT2D eigenvalue weighted by molar-refractivity contribution is -0.140. The molecule has 0 aliphatic heterocycles. The van der Waals surface area contributed by atoms with Gasteiger partial charge in [0.2, 0.25) is 0 Å². The quantitative estimate of drug-likeness (QED) is 0.786. The first kappa shape index (κ1) is 13.2. The molecule has 1 unspecified atom stereocenters. The second-order valence-corrected chi connectivity index (χ2v) is 3.97. The number of aromatic nitrogens is 2. The van der Waals surface area contributed by atoms with Crippen LogP contribution < -0.4 is 10.5 Å². The van der Waals surface area contributed by atoms with Gasteiger partial charge in [0.15, 0.2) is 0 Å². The zero-order chi connectivity index (χ0) is 13.0. The molecule has 0 spiro atoms. The first-order chi connectivity index (χ1) is 7.93. The number of carboxylic acid groups (broad SMARTS) is 1. The van der Waals surface area contributed by atoms with Crippen LogP contribution in [0.5, 0.6) is 0 Å². The van der Waals surface area contributed by atoms with Crippen molar-refractivity contribution in [2.45, 2.75) is 20.8 Å². The third-order valence-electron chi connectivity index (χ3n) is 2.47. The monoisotopic (exact) mass is 239 g/mol. The molecule has 0 radical (unpaired) electrons. The average molecular weight is 239 g/mol. The van der Waals surface area contributed by atoms with Crippen molar-refractivity contribution in [2.24, 2.45) is 5.92 Å². The third kappa shape index (κ3) is 3.58. The van der Waals surface area contributed by atoms with Crippen LogP contribution in [0.25, 0.3) is 0 Å². The molecule has 17 heavy (non-hydrogen) atoms. The van der Waals surface area contributed by atoms with E-state index in [1.807, 2.05) is 6.92 Å². The molecule has 1 rings (SSSR count). The van der Waals surface area contributed by atoms with Crippen LogP contribution in [0.2, 0.25) is 0 Å². The van der Waals surface area contributed by atoms with Crippen molar-refractivity contribution in [3.63, 3.8) is 0 Å². The van der Waals surface area contributed by atoms with Gasteiger partial charge in [0.05, 0.1) is 5.92 Å². The number of rotatable bonds is 5. The van der Waals surface area contributed by atoms with Gasteiger partial charge in [0.25, 0.3) is 5.56 Å². The van der Waals surface area contributed by atoms with Gasteiger partial charge in [0, 0.05) is 19.2 Å². The van der Waals surface area contributed by atoms with Crippen LogP contribution in [0, 0.1) is 12.8 Å².